The van der Waals surface area contributed by atoms with Crippen LogP contribution in [-0.2, 0) is 6.54 Å². The monoisotopic (exact) mass is 296 g/mol. The standard InChI is InChI=1S/C14H14F2N2OS/c1-2-18(8-9-4-3-7-19-9)11-6-5-10(14(17)20)12(15)13(11)16/h3-7H,2,8H2,1H3,(H2,17,20). The zero-order chi connectivity index (χ0) is 14.7. The lowest BCUT2D eigenvalue weighted by molar-refractivity contribution is 0.489. The quantitative estimate of drug-likeness (QED) is 0.860. The number of benzene rings is 1. The van der Waals surface area contributed by atoms with Gasteiger partial charge >= 0.3 is 0 Å². The molecule has 2 rings (SSSR count). The van der Waals surface area contributed by atoms with E-state index in [0.29, 0.717) is 18.8 Å². The smallest absolute Gasteiger partial charge is 0.182 e. The molecule has 2 aromatic rings. The van der Waals surface area contributed by atoms with E-state index in [0.717, 1.165) is 0 Å². The largest absolute Gasteiger partial charge is 0.467 e. The van der Waals surface area contributed by atoms with Gasteiger partial charge in [0, 0.05) is 12.1 Å². The summed E-state index contributed by atoms with van der Waals surface area (Å²) < 4.78 is 33.2. The Balaban J connectivity index is 2.35. The van der Waals surface area contributed by atoms with Crippen LogP contribution in [0.4, 0.5) is 14.5 Å². The highest BCUT2D eigenvalue weighted by molar-refractivity contribution is 7.80. The van der Waals surface area contributed by atoms with E-state index in [2.05, 4.69) is 12.2 Å². The number of hydrogen-bond acceptors (Lipinski definition) is 3. The van der Waals surface area contributed by atoms with Gasteiger partial charge in [-0.1, -0.05) is 12.2 Å². The van der Waals surface area contributed by atoms with E-state index in [-0.39, 0.29) is 16.2 Å². The summed E-state index contributed by atoms with van der Waals surface area (Å²) in [4.78, 5) is 1.50. The maximum Gasteiger partial charge on any atom is 0.182 e. The van der Waals surface area contributed by atoms with Crippen molar-refractivity contribution in [2.24, 2.45) is 5.73 Å². The SMILES string of the molecule is CCN(Cc1ccco1)c1ccc(C(N)=S)c(F)c1F. The van der Waals surface area contributed by atoms with Crippen molar-refractivity contribution in [2.45, 2.75) is 13.5 Å². The fourth-order valence-electron chi connectivity index (χ4n) is 1.93. The average Bonchev–Trinajstić information content (AvgIpc) is 2.92. The van der Waals surface area contributed by atoms with Crippen LogP contribution in [-0.4, -0.2) is 11.5 Å². The molecule has 1 aromatic heterocycles. The Kier molecular flexibility index (Phi) is 4.34. The first-order valence-electron chi connectivity index (χ1n) is 6.09. The lowest BCUT2D eigenvalue weighted by Crippen LogP contribution is -2.24. The van der Waals surface area contributed by atoms with Gasteiger partial charge in [0.05, 0.1) is 18.5 Å². The van der Waals surface area contributed by atoms with Crippen molar-refractivity contribution in [3.8, 4) is 0 Å². The van der Waals surface area contributed by atoms with Crippen molar-refractivity contribution in [2.75, 3.05) is 11.4 Å². The fraction of sp³-hybridized carbons (Fsp3) is 0.214. The topological polar surface area (TPSA) is 42.4 Å². The van der Waals surface area contributed by atoms with Crippen molar-refractivity contribution in [3.05, 3.63) is 53.5 Å². The molecule has 0 amide bonds. The Morgan fingerprint density at radius 1 is 1.30 bits per heavy atom. The van der Waals surface area contributed by atoms with Gasteiger partial charge in [0.15, 0.2) is 11.6 Å². The molecule has 0 radical (unpaired) electrons. The van der Waals surface area contributed by atoms with E-state index in [9.17, 15) is 8.78 Å². The van der Waals surface area contributed by atoms with Crippen LogP contribution in [0.3, 0.4) is 0 Å². The summed E-state index contributed by atoms with van der Waals surface area (Å²) in [6, 6.07) is 6.39. The van der Waals surface area contributed by atoms with Crippen LogP contribution in [0.15, 0.2) is 34.9 Å². The maximum absolute atomic E-state index is 14.1. The summed E-state index contributed by atoms with van der Waals surface area (Å²) in [7, 11) is 0. The third kappa shape index (κ3) is 2.80. The van der Waals surface area contributed by atoms with Crippen molar-refractivity contribution in [1.82, 2.24) is 0 Å². The van der Waals surface area contributed by atoms with Crippen LogP contribution in [0.2, 0.25) is 0 Å². The highest BCUT2D eigenvalue weighted by Crippen LogP contribution is 2.25. The molecular weight excluding hydrogens is 282 g/mol. The molecule has 2 N–H and O–H groups in total. The van der Waals surface area contributed by atoms with Gasteiger partial charge < -0.3 is 15.1 Å². The number of nitrogens with two attached hydrogens (primary N) is 1. The summed E-state index contributed by atoms with van der Waals surface area (Å²) >= 11 is 4.68. The molecule has 0 bridgehead atoms. The van der Waals surface area contributed by atoms with Crippen LogP contribution in [0, 0.1) is 11.6 Å². The Morgan fingerprint density at radius 2 is 2.05 bits per heavy atom. The minimum absolute atomic E-state index is 0.0877. The van der Waals surface area contributed by atoms with Gasteiger partial charge in [0.2, 0.25) is 0 Å². The molecule has 20 heavy (non-hydrogen) atoms. The van der Waals surface area contributed by atoms with E-state index in [1.54, 1.807) is 17.0 Å². The summed E-state index contributed by atoms with van der Waals surface area (Å²) in [5.41, 5.74) is 5.41. The van der Waals surface area contributed by atoms with Crippen LogP contribution in [0.5, 0.6) is 0 Å². The van der Waals surface area contributed by atoms with Crippen molar-refractivity contribution in [1.29, 1.82) is 0 Å². The molecule has 1 heterocycles. The van der Waals surface area contributed by atoms with Crippen LogP contribution in [0.1, 0.15) is 18.2 Å². The first-order valence-corrected chi connectivity index (χ1v) is 6.50. The number of rotatable bonds is 5. The fourth-order valence-corrected chi connectivity index (χ4v) is 2.09. The number of thiocarbonyl (C=S) groups is 1. The van der Waals surface area contributed by atoms with Gasteiger partial charge in [-0.15, -0.1) is 0 Å². The Hall–Kier alpha value is -1.95. The van der Waals surface area contributed by atoms with Gasteiger partial charge in [0.1, 0.15) is 10.7 Å². The molecule has 0 unspecified atom stereocenters. The molecule has 106 valence electrons. The second kappa shape index (κ2) is 6.00. The number of hydrogen-bond donors (Lipinski definition) is 1. The van der Waals surface area contributed by atoms with E-state index in [1.807, 2.05) is 6.92 Å². The molecule has 0 aliphatic carbocycles. The van der Waals surface area contributed by atoms with Crippen LogP contribution in [0.25, 0.3) is 0 Å². The van der Waals surface area contributed by atoms with Gasteiger partial charge in [-0.05, 0) is 31.2 Å². The molecule has 1 aromatic carbocycles. The lowest BCUT2D eigenvalue weighted by atomic mass is 10.1. The number of furan rings is 1. The first-order chi connectivity index (χ1) is 9.54. The number of halogens is 2. The van der Waals surface area contributed by atoms with Crippen LogP contribution < -0.4 is 10.6 Å². The van der Waals surface area contributed by atoms with E-state index in [1.165, 1.54) is 18.4 Å². The predicted octanol–water partition coefficient (Wildman–Crippen LogP) is 3.22. The van der Waals surface area contributed by atoms with Crippen molar-refractivity contribution < 1.29 is 13.2 Å². The minimum Gasteiger partial charge on any atom is -0.467 e. The minimum atomic E-state index is -1.02. The van der Waals surface area contributed by atoms with Crippen molar-refractivity contribution in [3.63, 3.8) is 0 Å². The maximum atomic E-state index is 14.1. The molecule has 6 heteroatoms. The molecule has 0 saturated heterocycles. The molecule has 0 spiro atoms. The van der Waals surface area contributed by atoms with E-state index in [4.69, 9.17) is 10.2 Å². The zero-order valence-corrected chi connectivity index (χ0v) is 11.7. The Bertz CT molecular complexity index is 614. The Morgan fingerprint density at radius 3 is 2.60 bits per heavy atom. The second-order valence-corrected chi connectivity index (χ2v) is 4.66. The lowest BCUT2D eigenvalue weighted by Gasteiger charge is -2.23. The molecule has 0 atom stereocenters. The van der Waals surface area contributed by atoms with Crippen molar-refractivity contribution >= 4 is 22.9 Å². The molecule has 3 nitrogen and oxygen atoms in total. The van der Waals surface area contributed by atoms with E-state index >= 15 is 0 Å². The molecule has 0 aliphatic heterocycles. The molecule has 0 fully saturated rings. The van der Waals surface area contributed by atoms with Crippen LogP contribution >= 0.6 is 12.2 Å². The average molecular weight is 296 g/mol. The van der Waals surface area contributed by atoms with Gasteiger partial charge in [-0.25, -0.2) is 8.78 Å². The molecule has 0 saturated carbocycles. The van der Waals surface area contributed by atoms with Gasteiger partial charge in [0.25, 0.3) is 0 Å². The Labute approximate surface area is 121 Å². The molecule has 0 aliphatic rings. The van der Waals surface area contributed by atoms with Gasteiger partial charge in [-0.2, -0.15) is 0 Å². The summed E-state index contributed by atoms with van der Waals surface area (Å²) in [6.45, 7) is 2.71. The first kappa shape index (κ1) is 14.5. The normalized spacial score (nSPS) is 10.6. The summed E-state index contributed by atoms with van der Waals surface area (Å²) in [6.07, 6.45) is 1.54. The highest BCUT2D eigenvalue weighted by atomic mass is 32.1. The number of nitrogens with zero attached hydrogens (tertiary/aromatic N) is 1. The second-order valence-electron chi connectivity index (χ2n) is 4.22. The number of anilines is 1. The third-order valence-corrected chi connectivity index (χ3v) is 3.20. The van der Waals surface area contributed by atoms with Gasteiger partial charge in [-0.3, -0.25) is 0 Å². The summed E-state index contributed by atoms with van der Waals surface area (Å²) in [5.74, 6) is -1.30. The third-order valence-electron chi connectivity index (χ3n) is 2.98. The molecular formula is C14H14F2N2OS. The zero-order valence-electron chi connectivity index (χ0n) is 10.9. The van der Waals surface area contributed by atoms with E-state index < -0.39 is 11.6 Å². The summed E-state index contributed by atoms with van der Waals surface area (Å²) in [5, 5.41) is 0. The predicted molar refractivity (Wildman–Crippen MR) is 77.7 cm³/mol. The highest BCUT2D eigenvalue weighted by Gasteiger charge is 2.19.